The maximum atomic E-state index is 10.6. The fourth-order valence-electron chi connectivity index (χ4n) is 1.45. The molecule has 0 aliphatic heterocycles. The number of hydrogen-bond donors (Lipinski definition) is 2. The van der Waals surface area contributed by atoms with E-state index < -0.39 is 5.97 Å². The number of carboxylic acid groups (broad SMARTS) is 1. The van der Waals surface area contributed by atoms with Crippen molar-refractivity contribution < 1.29 is 9.90 Å². The maximum absolute atomic E-state index is 10.6. The largest absolute Gasteiger partial charge is 0.550 e. The third-order valence-electron chi connectivity index (χ3n) is 2.37. The van der Waals surface area contributed by atoms with Crippen LogP contribution < -0.4 is 15.8 Å². The lowest BCUT2D eigenvalue weighted by Gasteiger charge is -2.10. The lowest BCUT2D eigenvalue weighted by molar-refractivity contribution is -0.305. The van der Waals surface area contributed by atoms with Gasteiger partial charge in [-0.25, -0.2) is 0 Å². The van der Waals surface area contributed by atoms with Crippen LogP contribution in [0, 0.1) is 0 Å². The van der Waals surface area contributed by atoms with Crippen molar-refractivity contribution in [2.24, 2.45) is 5.10 Å². The molecule has 0 aliphatic rings. The maximum Gasteiger partial charge on any atom is 0.186 e. The van der Waals surface area contributed by atoms with Gasteiger partial charge in [-0.15, -0.1) is 0 Å². The summed E-state index contributed by atoms with van der Waals surface area (Å²) in [5, 5.41) is 18.1. The van der Waals surface area contributed by atoms with Gasteiger partial charge in [0.2, 0.25) is 0 Å². The monoisotopic (exact) mass is 356 g/mol. The molecular weight excluding hydrogens is 342 g/mol. The van der Waals surface area contributed by atoms with Gasteiger partial charge in [0.25, 0.3) is 0 Å². The number of nitrogens with one attached hydrogen (secondary N) is 2. The fourth-order valence-corrected chi connectivity index (χ4v) is 1.90. The molecule has 0 fully saturated rings. The van der Waals surface area contributed by atoms with Crippen molar-refractivity contribution in [1.82, 2.24) is 10.7 Å². The Morgan fingerprint density at radius 2 is 2.00 bits per heavy atom. The number of carbonyl (C=O) groups is 1. The highest BCUT2D eigenvalue weighted by Crippen LogP contribution is 2.13. The number of nitrogens with zero attached hydrogens (tertiary/aromatic N) is 1. The van der Waals surface area contributed by atoms with Gasteiger partial charge in [0.15, 0.2) is 5.11 Å². The normalized spacial score (nSPS) is 11.0. The van der Waals surface area contributed by atoms with E-state index in [4.69, 9.17) is 12.2 Å². The molecular formula is C13H15BrN3O2S-. The molecule has 0 unspecified atom stereocenters. The average Bonchev–Trinajstić information content (AvgIpc) is 2.40. The summed E-state index contributed by atoms with van der Waals surface area (Å²) in [6, 6.07) is 7.45. The van der Waals surface area contributed by atoms with Crippen LogP contribution >= 0.6 is 28.1 Å². The van der Waals surface area contributed by atoms with Crippen LogP contribution in [0.5, 0.6) is 0 Å². The molecule has 2 N–H and O–H groups in total. The van der Waals surface area contributed by atoms with Crippen LogP contribution in [0.1, 0.15) is 25.3 Å². The van der Waals surface area contributed by atoms with Crippen molar-refractivity contribution in [1.29, 1.82) is 0 Å². The first-order valence-electron chi connectivity index (χ1n) is 6.09. The van der Waals surface area contributed by atoms with Gasteiger partial charge >= 0.3 is 0 Å². The summed E-state index contributed by atoms with van der Waals surface area (Å²) in [7, 11) is 0. The molecule has 0 heterocycles. The number of aliphatic carboxylic acids is 1. The second-order valence-electron chi connectivity index (χ2n) is 3.91. The van der Waals surface area contributed by atoms with Gasteiger partial charge in [0.05, 0.1) is 5.71 Å². The van der Waals surface area contributed by atoms with Crippen LogP contribution in [0.15, 0.2) is 33.8 Å². The molecule has 0 bridgehead atoms. The van der Waals surface area contributed by atoms with Crippen LogP contribution in [0.25, 0.3) is 0 Å². The summed E-state index contributed by atoms with van der Waals surface area (Å²) in [4.78, 5) is 10.6. The minimum atomic E-state index is -1.11. The average molecular weight is 357 g/mol. The molecule has 0 atom stereocenters. The number of carboxylic acids is 1. The van der Waals surface area contributed by atoms with Crippen LogP contribution in [-0.2, 0) is 4.79 Å². The number of carbonyl (C=O) groups excluding carboxylic acids is 1. The Bertz CT molecular complexity index is 503. The van der Waals surface area contributed by atoms with E-state index in [0.717, 1.165) is 10.0 Å². The fraction of sp³-hybridized carbons (Fsp3) is 0.308. The highest BCUT2D eigenvalue weighted by molar-refractivity contribution is 9.10. The van der Waals surface area contributed by atoms with Crippen molar-refractivity contribution in [2.45, 2.75) is 19.8 Å². The third kappa shape index (κ3) is 6.12. The Labute approximate surface area is 131 Å². The van der Waals surface area contributed by atoms with E-state index in [-0.39, 0.29) is 12.8 Å². The number of benzene rings is 1. The number of hydrogen-bond acceptors (Lipinski definition) is 4. The quantitative estimate of drug-likeness (QED) is 0.454. The smallest absolute Gasteiger partial charge is 0.186 e. The molecule has 0 aromatic heterocycles. The van der Waals surface area contributed by atoms with Gasteiger partial charge in [-0.1, -0.05) is 28.1 Å². The molecule has 1 rings (SSSR count). The number of rotatable bonds is 6. The minimum Gasteiger partial charge on any atom is -0.550 e. The SMILES string of the molecule is CCNC(=S)N/N=C(/CCC(=O)[O-])c1ccc(Br)cc1. The Morgan fingerprint density at radius 3 is 2.55 bits per heavy atom. The summed E-state index contributed by atoms with van der Waals surface area (Å²) in [5.74, 6) is -1.11. The summed E-state index contributed by atoms with van der Waals surface area (Å²) in [6.45, 7) is 2.61. The summed E-state index contributed by atoms with van der Waals surface area (Å²) < 4.78 is 0.941. The van der Waals surface area contributed by atoms with Crippen LogP contribution in [0.3, 0.4) is 0 Å². The molecule has 0 saturated heterocycles. The first kappa shape index (κ1) is 16.6. The standard InChI is InChI=1S/C13H16BrN3O2S/c1-2-15-13(20)17-16-11(7-8-12(18)19)9-3-5-10(14)6-4-9/h3-6H,2,7-8H2,1H3,(H,18,19)(H2,15,17,20)/p-1/b16-11-. The molecule has 0 radical (unpaired) electrons. The zero-order valence-electron chi connectivity index (χ0n) is 11.0. The van der Waals surface area contributed by atoms with Crippen molar-refractivity contribution in [3.05, 3.63) is 34.3 Å². The molecule has 20 heavy (non-hydrogen) atoms. The summed E-state index contributed by atoms with van der Waals surface area (Å²) in [6.07, 6.45) is 0.177. The third-order valence-corrected chi connectivity index (χ3v) is 3.14. The number of halogens is 1. The predicted molar refractivity (Wildman–Crippen MR) is 84.3 cm³/mol. The van der Waals surface area contributed by atoms with Crippen molar-refractivity contribution in [2.75, 3.05) is 6.54 Å². The van der Waals surface area contributed by atoms with E-state index in [1.807, 2.05) is 31.2 Å². The van der Waals surface area contributed by atoms with E-state index in [1.165, 1.54) is 0 Å². The van der Waals surface area contributed by atoms with Gasteiger partial charge in [0.1, 0.15) is 0 Å². The molecule has 108 valence electrons. The van der Waals surface area contributed by atoms with Crippen molar-refractivity contribution >= 4 is 44.9 Å². The first-order valence-corrected chi connectivity index (χ1v) is 7.29. The molecule has 1 aromatic rings. The molecule has 0 spiro atoms. The Balaban J connectivity index is 2.83. The van der Waals surface area contributed by atoms with E-state index in [0.29, 0.717) is 17.4 Å². The van der Waals surface area contributed by atoms with E-state index in [2.05, 4.69) is 31.8 Å². The van der Waals surface area contributed by atoms with Crippen LogP contribution in [-0.4, -0.2) is 23.3 Å². The van der Waals surface area contributed by atoms with Crippen molar-refractivity contribution in [3.63, 3.8) is 0 Å². The van der Waals surface area contributed by atoms with E-state index >= 15 is 0 Å². The lowest BCUT2D eigenvalue weighted by Crippen LogP contribution is -2.32. The highest BCUT2D eigenvalue weighted by atomic mass is 79.9. The van der Waals surface area contributed by atoms with Gasteiger partial charge in [-0.2, -0.15) is 5.10 Å². The summed E-state index contributed by atoms with van der Waals surface area (Å²) in [5.41, 5.74) is 4.15. The van der Waals surface area contributed by atoms with Gasteiger partial charge < -0.3 is 15.2 Å². The molecule has 0 aliphatic carbocycles. The lowest BCUT2D eigenvalue weighted by atomic mass is 10.1. The van der Waals surface area contributed by atoms with Gasteiger partial charge in [-0.05, 0) is 49.7 Å². The second kappa shape index (κ2) is 8.65. The zero-order valence-corrected chi connectivity index (χ0v) is 13.4. The van der Waals surface area contributed by atoms with E-state index in [1.54, 1.807) is 0 Å². The molecule has 1 aromatic carbocycles. The van der Waals surface area contributed by atoms with Crippen LogP contribution in [0.2, 0.25) is 0 Å². The van der Waals surface area contributed by atoms with Crippen LogP contribution in [0.4, 0.5) is 0 Å². The Morgan fingerprint density at radius 1 is 1.35 bits per heavy atom. The number of thiocarbonyl (C=S) groups is 1. The molecule has 0 saturated carbocycles. The predicted octanol–water partition coefficient (Wildman–Crippen LogP) is 1.17. The molecule has 5 nitrogen and oxygen atoms in total. The number of hydrazone groups is 1. The molecule has 0 amide bonds. The van der Waals surface area contributed by atoms with E-state index in [9.17, 15) is 9.90 Å². The van der Waals surface area contributed by atoms with Gasteiger partial charge in [0, 0.05) is 17.0 Å². The van der Waals surface area contributed by atoms with Gasteiger partial charge in [-0.3, -0.25) is 5.43 Å². The second-order valence-corrected chi connectivity index (χ2v) is 5.23. The zero-order chi connectivity index (χ0) is 15.0. The Kier molecular flexibility index (Phi) is 7.17. The minimum absolute atomic E-state index is 0.0927. The first-order chi connectivity index (χ1) is 9.52. The molecule has 7 heteroatoms. The van der Waals surface area contributed by atoms with Crippen molar-refractivity contribution in [3.8, 4) is 0 Å². The summed E-state index contributed by atoms with van der Waals surface area (Å²) >= 11 is 8.36. The highest BCUT2D eigenvalue weighted by Gasteiger charge is 2.05. The topological polar surface area (TPSA) is 76.5 Å². The Hall–Kier alpha value is -1.47.